The molecule has 1 fully saturated rings. The number of rotatable bonds is 8. The normalized spacial score (nSPS) is 17.9. The lowest BCUT2D eigenvalue weighted by Gasteiger charge is -2.31. The van der Waals surface area contributed by atoms with Crippen LogP contribution in [0.5, 0.6) is 0 Å². The quantitative estimate of drug-likeness (QED) is 0.494. The molecule has 0 aromatic heterocycles. The molecule has 22 heavy (non-hydrogen) atoms. The van der Waals surface area contributed by atoms with Crippen LogP contribution >= 0.6 is 11.8 Å². The number of amides is 2. The van der Waals surface area contributed by atoms with Crippen molar-refractivity contribution in [3.05, 3.63) is 0 Å². The smallest absolute Gasteiger partial charge is 0.313 e. The molecule has 1 rings (SSSR count). The summed E-state index contributed by atoms with van der Waals surface area (Å²) in [6.45, 7) is 2.88. The van der Waals surface area contributed by atoms with Crippen molar-refractivity contribution in [1.82, 2.24) is 4.90 Å². The molecule has 0 radical (unpaired) electrons. The fourth-order valence-electron chi connectivity index (χ4n) is 2.20. The number of nitrogens with two attached hydrogens (primary N) is 1. The van der Waals surface area contributed by atoms with Gasteiger partial charge in [-0.15, -0.1) is 11.8 Å². The molecule has 0 unspecified atom stereocenters. The van der Waals surface area contributed by atoms with Crippen molar-refractivity contribution in [1.29, 1.82) is 0 Å². The number of thioether (sulfide) groups is 1. The third kappa shape index (κ3) is 6.46. The van der Waals surface area contributed by atoms with Gasteiger partial charge in [0.1, 0.15) is 6.42 Å². The average Bonchev–Trinajstić information content (AvgIpc) is 2.47. The van der Waals surface area contributed by atoms with E-state index in [0.29, 0.717) is 19.5 Å². The van der Waals surface area contributed by atoms with Gasteiger partial charge in [0.15, 0.2) is 5.78 Å². The first-order valence-corrected chi connectivity index (χ1v) is 8.41. The predicted molar refractivity (Wildman–Crippen MR) is 82.1 cm³/mol. The summed E-state index contributed by atoms with van der Waals surface area (Å²) in [5, 5.41) is 0. The average molecular weight is 330 g/mol. The highest BCUT2D eigenvalue weighted by Crippen LogP contribution is 2.17. The summed E-state index contributed by atoms with van der Waals surface area (Å²) in [5.74, 6) is -1.33. The van der Waals surface area contributed by atoms with E-state index in [0.717, 1.165) is 6.42 Å². The van der Waals surface area contributed by atoms with Crippen LogP contribution in [0.1, 0.15) is 26.2 Å². The lowest BCUT2D eigenvalue weighted by Crippen LogP contribution is -2.44. The first-order chi connectivity index (χ1) is 10.4. The van der Waals surface area contributed by atoms with E-state index in [4.69, 9.17) is 5.73 Å². The van der Waals surface area contributed by atoms with Gasteiger partial charge in [-0.25, -0.2) is 0 Å². The number of carbonyl (C=O) groups excluding carboxylic acids is 4. The highest BCUT2D eigenvalue weighted by Gasteiger charge is 2.26. The summed E-state index contributed by atoms with van der Waals surface area (Å²) in [6, 6.07) is 0. The van der Waals surface area contributed by atoms with Crippen LogP contribution in [0.15, 0.2) is 0 Å². The maximum absolute atomic E-state index is 12.0. The van der Waals surface area contributed by atoms with Gasteiger partial charge in [0, 0.05) is 13.1 Å². The Kier molecular flexibility index (Phi) is 7.94. The summed E-state index contributed by atoms with van der Waals surface area (Å²) in [7, 11) is 0. The van der Waals surface area contributed by atoms with Gasteiger partial charge in [0.2, 0.25) is 11.8 Å². The van der Waals surface area contributed by atoms with Gasteiger partial charge in [-0.1, -0.05) is 0 Å². The van der Waals surface area contributed by atoms with Gasteiger partial charge in [-0.05, 0) is 19.8 Å². The lowest BCUT2D eigenvalue weighted by molar-refractivity contribution is -0.145. The number of nitrogens with zero attached hydrogens (tertiary/aromatic N) is 1. The third-order valence-electron chi connectivity index (χ3n) is 3.31. The zero-order valence-electron chi connectivity index (χ0n) is 12.7. The van der Waals surface area contributed by atoms with Crippen LogP contribution in [0.2, 0.25) is 0 Å². The fraction of sp³-hybridized carbons (Fsp3) is 0.714. The molecule has 1 atom stereocenters. The van der Waals surface area contributed by atoms with Crippen molar-refractivity contribution < 1.29 is 23.9 Å². The van der Waals surface area contributed by atoms with E-state index in [1.54, 1.807) is 11.8 Å². The number of hydrogen-bond acceptors (Lipinski definition) is 6. The molecule has 0 aromatic rings. The Balaban J connectivity index is 2.26. The standard InChI is InChI=1S/C14H22N2O5S/c1-2-21-13(19)6-11(17)8-22-9-12(18)16-5-3-4-10(7-16)14(15)20/h10H,2-9H2,1H3,(H2,15,20)/t10-/m0/s1. The number of ether oxygens (including phenoxy) is 1. The van der Waals surface area contributed by atoms with E-state index in [-0.39, 0.29) is 48.0 Å². The number of ketones is 1. The van der Waals surface area contributed by atoms with Crippen LogP contribution in [0.4, 0.5) is 0 Å². The van der Waals surface area contributed by atoms with Crippen molar-refractivity contribution in [2.45, 2.75) is 26.2 Å². The molecule has 2 N–H and O–H groups in total. The molecule has 0 aromatic carbocycles. The maximum atomic E-state index is 12.0. The van der Waals surface area contributed by atoms with Crippen molar-refractivity contribution in [2.24, 2.45) is 11.7 Å². The van der Waals surface area contributed by atoms with Crippen LogP contribution < -0.4 is 5.73 Å². The lowest BCUT2D eigenvalue weighted by atomic mass is 9.97. The minimum absolute atomic E-state index is 0.0949. The number of esters is 1. The van der Waals surface area contributed by atoms with Crippen LogP contribution in [-0.4, -0.2) is 59.7 Å². The Hall–Kier alpha value is -1.57. The van der Waals surface area contributed by atoms with Crippen molar-refractivity contribution in [2.75, 3.05) is 31.2 Å². The minimum atomic E-state index is -0.542. The molecule has 1 aliphatic heterocycles. The second kappa shape index (κ2) is 9.45. The van der Waals surface area contributed by atoms with Gasteiger partial charge in [0.25, 0.3) is 0 Å². The van der Waals surface area contributed by atoms with Crippen molar-refractivity contribution >= 4 is 35.3 Å². The summed E-state index contributed by atoms with van der Waals surface area (Å²) < 4.78 is 4.68. The molecular formula is C14H22N2O5S. The van der Waals surface area contributed by atoms with E-state index in [1.807, 2.05) is 0 Å². The molecule has 1 heterocycles. The van der Waals surface area contributed by atoms with Gasteiger partial charge in [-0.2, -0.15) is 0 Å². The predicted octanol–water partition coefficient (Wildman–Crippen LogP) is -0.0342. The van der Waals surface area contributed by atoms with Gasteiger partial charge >= 0.3 is 5.97 Å². The van der Waals surface area contributed by atoms with E-state index in [9.17, 15) is 19.2 Å². The zero-order valence-corrected chi connectivity index (χ0v) is 13.5. The summed E-state index contributed by atoms with van der Waals surface area (Å²) in [6.07, 6.45) is 1.21. The highest BCUT2D eigenvalue weighted by atomic mass is 32.2. The maximum Gasteiger partial charge on any atom is 0.313 e. The second-order valence-corrected chi connectivity index (χ2v) is 6.08. The number of likely N-dealkylation sites (tertiary alicyclic amines) is 1. The molecule has 2 amide bonds. The van der Waals surface area contributed by atoms with Crippen LogP contribution in [-0.2, 0) is 23.9 Å². The number of primary amides is 1. The molecule has 0 bridgehead atoms. The van der Waals surface area contributed by atoms with Gasteiger partial charge in [0.05, 0.1) is 24.0 Å². The molecule has 0 spiro atoms. The largest absolute Gasteiger partial charge is 0.466 e. The molecule has 8 heteroatoms. The Labute approximate surface area is 133 Å². The molecule has 0 saturated carbocycles. The van der Waals surface area contributed by atoms with Gasteiger partial charge in [-0.3, -0.25) is 19.2 Å². The zero-order chi connectivity index (χ0) is 16.5. The highest BCUT2D eigenvalue weighted by molar-refractivity contribution is 8.00. The SMILES string of the molecule is CCOC(=O)CC(=O)CSCC(=O)N1CCC[C@H](C(N)=O)C1. The monoisotopic (exact) mass is 330 g/mol. The first-order valence-electron chi connectivity index (χ1n) is 7.26. The van der Waals surface area contributed by atoms with E-state index >= 15 is 0 Å². The van der Waals surface area contributed by atoms with Crippen LogP contribution in [0.25, 0.3) is 0 Å². The van der Waals surface area contributed by atoms with Crippen molar-refractivity contribution in [3.8, 4) is 0 Å². The number of hydrogen-bond donors (Lipinski definition) is 1. The number of Topliss-reactive ketones (excluding diaryl/α,β-unsaturated/α-hetero) is 1. The number of carbonyl (C=O) groups is 4. The summed E-state index contributed by atoms with van der Waals surface area (Å²) >= 11 is 1.17. The number of piperidine rings is 1. The molecule has 7 nitrogen and oxygen atoms in total. The Morgan fingerprint density at radius 3 is 2.64 bits per heavy atom. The first kappa shape index (κ1) is 18.5. The van der Waals surface area contributed by atoms with E-state index in [1.165, 1.54) is 11.8 Å². The Morgan fingerprint density at radius 2 is 2.00 bits per heavy atom. The second-order valence-electron chi connectivity index (χ2n) is 5.09. The van der Waals surface area contributed by atoms with E-state index in [2.05, 4.69) is 4.74 Å². The Bertz CT molecular complexity index is 441. The van der Waals surface area contributed by atoms with Gasteiger partial charge < -0.3 is 15.4 Å². The summed E-state index contributed by atoms with van der Waals surface area (Å²) in [5.41, 5.74) is 5.27. The summed E-state index contributed by atoms with van der Waals surface area (Å²) in [4.78, 5) is 47.5. The molecule has 0 aliphatic carbocycles. The molecule has 1 aliphatic rings. The minimum Gasteiger partial charge on any atom is -0.466 e. The molecular weight excluding hydrogens is 308 g/mol. The van der Waals surface area contributed by atoms with Crippen LogP contribution in [0.3, 0.4) is 0 Å². The topological polar surface area (TPSA) is 107 Å². The third-order valence-corrected chi connectivity index (χ3v) is 4.29. The fourth-order valence-corrected chi connectivity index (χ4v) is 2.99. The molecule has 124 valence electrons. The van der Waals surface area contributed by atoms with Crippen LogP contribution in [0, 0.1) is 5.92 Å². The van der Waals surface area contributed by atoms with E-state index < -0.39 is 5.97 Å². The molecule has 1 saturated heterocycles. The van der Waals surface area contributed by atoms with Crippen molar-refractivity contribution in [3.63, 3.8) is 0 Å². The Morgan fingerprint density at radius 1 is 1.27 bits per heavy atom.